The van der Waals surface area contributed by atoms with Gasteiger partial charge in [-0.15, -0.1) is 0 Å². The van der Waals surface area contributed by atoms with Crippen LogP contribution in [0.15, 0.2) is 82.4 Å². The van der Waals surface area contributed by atoms with E-state index in [0.717, 1.165) is 14.9 Å². The van der Waals surface area contributed by atoms with Crippen molar-refractivity contribution in [1.82, 2.24) is 19.0 Å². The van der Waals surface area contributed by atoms with Crippen LogP contribution in [0.3, 0.4) is 0 Å². The molecule has 0 atom stereocenters. The van der Waals surface area contributed by atoms with Crippen molar-refractivity contribution in [1.29, 1.82) is 5.26 Å². The first-order valence-electron chi connectivity index (χ1n) is 12.3. The second kappa shape index (κ2) is 10.8. The van der Waals surface area contributed by atoms with Gasteiger partial charge in [0.05, 0.1) is 16.3 Å². The van der Waals surface area contributed by atoms with Crippen molar-refractivity contribution in [2.45, 2.75) is 25.7 Å². The summed E-state index contributed by atoms with van der Waals surface area (Å²) in [6.45, 7) is 5.56. The van der Waals surface area contributed by atoms with Crippen LogP contribution in [-0.2, 0) is 19.6 Å². The van der Waals surface area contributed by atoms with E-state index >= 15 is 0 Å². The van der Waals surface area contributed by atoms with E-state index in [1.54, 1.807) is 36.0 Å². The molecule has 1 aliphatic rings. The molecule has 1 aliphatic heterocycles. The van der Waals surface area contributed by atoms with Crippen molar-refractivity contribution in [2.24, 2.45) is 5.92 Å². The summed E-state index contributed by atoms with van der Waals surface area (Å²) in [5.41, 5.74) is 2.96. The number of imide groups is 1. The van der Waals surface area contributed by atoms with Crippen LogP contribution in [0.5, 0.6) is 0 Å². The van der Waals surface area contributed by atoms with E-state index in [4.69, 9.17) is 5.10 Å². The van der Waals surface area contributed by atoms with Crippen LogP contribution >= 0.6 is 0 Å². The zero-order valence-electron chi connectivity index (χ0n) is 22.4. The van der Waals surface area contributed by atoms with Crippen LogP contribution < -0.4 is 0 Å². The first kappa shape index (κ1) is 27.7. The predicted octanol–water partition coefficient (Wildman–Crippen LogP) is 4.04. The minimum absolute atomic E-state index is 0.0193. The van der Waals surface area contributed by atoms with Gasteiger partial charge in [-0.1, -0.05) is 44.2 Å². The zero-order chi connectivity index (χ0) is 28.5. The number of hydrogen-bond acceptors (Lipinski definition) is 6. The fourth-order valence-corrected chi connectivity index (χ4v) is 5.14. The van der Waals surface area contributed by atoms with Crippen molar-refractivity contribution < 1.29 is 18.0 Å². The lowest BCUT2D eigenvalue weighted by Gasteiger charge is -2.28. The lowest BCUT2D eigenvalue weighted by Crippen LogP contribution is -2.44. The van der Waals surface area contributed by atoms with Crippen molar-refractivity contribution in [3.05, 3.63) is 83.1 Å². The first-order valence-corrected chi connectivity index (χ1v) is 13.8. The zero-order valence-corrected chi connectivity index (χ0v) is 23.2. The molecule has 200 valence electrons. The van der Waals surface area contributed by atoms with Crippen LogP contribution in [0.2, 0.25) is 0 Å². The molecule has 2 heterocycles. The van der Waals surface area contributed by atoms with Gasteiger partial charge in [0.25, 0.3) is 11.8 Å². The maximum atomic E-state index is 13.5. The predicted molar refractivity (Wildman–Crippen MR) is 148 cm³/mol. The number of carbonyl (C=O) groups excluding carboxylic acids is 2. The first-order chi connectivity index (χ1) is 18.4. The molecule has 0 unspecified atom stereocenters. The van der Waals surface area contributed by atoms with Gasteiger partial charge in [-0.3, -0.25) is 14.5 Å². The number of benzene rings is 2. The number of amides is 2. The van der Waals surface area contributed by atoms with Gasteiger partial charge in [-0.25, -0.2) is 17.4 Å². The standard InChI is InChI=1S/C29H29N5O4S/c1-19(2)17-33-28(35)25(20(3)26(16-30)29(33)36)15-22-18-34(23-9-7-6-8-10-23)31-27(22)21-11-13-24(14-12-21)39(37,38)32(4)5/h6-15,18-19H,17H2,1-5H3/b25-15+. The van der Waals surface area contributed by atoms with Crippen LogP contribution in [-0.4, -0.2) is 59.9 Å². The molecule has 2 amide bonds. The van der Waals surface area contributed by atoms with Crippen molar-refractivity contribution in [2.75, 3.05) is 20.6 Å². The van der Waals surface area contributed by atoms with Crippen LogP contribution in [0.1, 0.15) is 26.3 Å². The lowest BCUT2D eigenvalue weighted by molar-refractivity contribution is -0.141. The molecule has 4 rings (SSSR count). The van der Waals surface area contributed by atoms with E-state index < -0.39 is 21.8 Å². The molecule has 0 radical (unpaired) electrons. The number of para-hydroxylation sites is 1. The topological polar surface area (TPSA) is 116 Å². The number of carbonyl (C=O) groups is 2. The fourth-order valence-electron chi connectivity index (χ4n) is 4.24. The van der Waals surface area contributed by atoms with Gasteiger partial charge in [0, 0.05) is 43.5 Å². The van der Waals surface area contributed by atoms with Gasteiger partial charge in [-0.05, 0) is 48.8 Å². The van der Waals surface area contributed by atoms with Crippen LogP contribution in [0, 0.1) is 17.2 Å². The molecule has 0 saturated heterocycles. The summed E-state index contributed by atoms with van der Waals surface area (Å²) >= 11 is 0. The summed E-state index contributed by atoms with van der Waals surface area (Å²) in [6.07, 6.45) is 3.40. The minimum Gasteiger partial charge on any atom is -0.273 e. The van der Waals surface area contributed by atoms with E-state index in [-0.39, 0.29) is 28.5 Å². The van der Waals surface area contributed by atoms with E-state index in [9.17, 15) is 23.3 Å². The molecule has 0 aliphatic carbocycles. The summed E-state index contributed by atoms with van der Waals surface area (Å²) < 4.78 is 27.9. The Hall–Kier alpha value is -4.33. The molecule has 2 aromatic carbocycles. The number of aromatic nitrogens is 2. The molecule has 9 nitrogen and oxygen atoms in total. The van der Waals surface area contributed by atoms with Gasteiger partial charge in [0.15, 0.2) is 0 Å². The fraction of sp³-hybridized carbons (Fsp3) is 0.241. The molecular weight excluding hydrogens is 514 g/mol. The smallest absolute Gasteiger partial charge is 0.271 e. The Balaban J connectivity index is 1.90. The van der Waals surface area contributed by atoms with E-state index in [0.29, 0.717) is 22.4 Å². The average molecular weight is 544 g/mol. The molecule has 39 heavy (non-hydrogen) atoms. The van der Waals surface area contributed by atoms with Crippen molar-refractivity contribution in [3.8, 4) is 23.0 Å². The largest absolute Gasteiger partial charge is 0.273 e. The molecule has 0 bridgehead atoms. The molecular formula is C29H29N5O4S. The number of rotatable bonds is 7. The highest BCUT2D eigenvalue weighted by Crippen LogP contribution is 2.32. The normalized spacial score (nSPS) is 15.5. The number of nitriles is 1. The number of hydrogen-bond donors (Lipinski definition) is 0. The van der Waals surface area contributed by atoms with Crippen LogP contribution in [0.25, 0.3) is 23.0 Å². The summed E-state index contributed by atoms with van der Waals surface area (Å²) in [6, 6.07) is 17.7. The highest BCUT2D eigenvalue weighted by atomic mass is 32.2. The minimum atomic E-state index is -3.61. The maximum Gasteiger partial charge on any atom is 0.271 e. The van der Waals surface area contributed by atoms with Crippen LogP contribution in [0.4, 0.5) is 0 Å². The van der Waals surface area contributed by atoms with Gasteiger partial charge in [0.1, 0.15) is 11.6 Å². The van der Waals surface area contributed by atoms with Crippen molar-refractivity contribution >= 4 is 27.9 Å². The van der Waals surface area contributed by atoms with Crippen molar-refractivity contribution in [3.63, 3.8) is 0 Å². The molecule has 0 N–H and O–H groups in total. The van der Waals surface area contributed by atoms with E-state index in [1.807, 2.05) is 50.2 Å². The monoisotopic (exact) mass is 543 g/mol. The van der Waals surface area contributed by atoms with Gasteiger partial charge < -0.3 is 0 Å². The molecule has 3 aromatic rings. The van der Waals surface area contributed by atoms with Gasteiger partial charge >= 0.3 is 0 Å². The third-order valence-electron chi connectivity index (χ3n) is 6.34. The lowest BCUT2D eigenvalue weighted by atomic mass is 9.92. The summed E-state index contributed by atoms with van der Waals surface area (Å²) in [5, 5.41) is 14.5. The van der Waals surface area contributed by atoms with Gasteiger partial charge in [0.2, 0.25) is 10.0 Å². The Bertz CT molecular complexity index is 1640. The number of sulfonamides is 1. The molecule has 10 heteroatoms. The Morgan fingerprint density at radius 3 is 2.23 bits per heavy atom. The average Bonchev–Trinajstić information content (AvgIpc) is 3.33. The Morgan fingerprint density at radius 1 is 1.03 bits per heavy atom. The Morgan fingerprint density at radius 2 is 1.67 bits per heavy atom. The molecule has 0 spiro atoms. The summed E-state index contributed by atoms with van der Waals surface area (Å²) in [4.78, 5) is 27.6. The second-order valence-corrected chi connectivity index (χ2v) is 12.0. The third-order valence-corrected chi connectivity index (χ3v) is 8.17. The number of nitrogens with zero attached hydrogens (tertiary/aromatic N) is 5. The highest BCUT2D eigenvalue weighted by Gasteiger charge is 2.36. The van der Waals surface area contributed by atoms with E-state index in [2.05, 4.69) is 0 Å². The highest BCUT2D eigenvalue weighted by molar-refractivity contribution is 7.89. The summed E-state index contributed by atoms with van der Waals surface area (Å²) in [5.74, 6) is -1.05. The second-order valence-electron chi connectivity index (χ2n) is 9.81. The quantitative estimate of drug-likeness (QED) is 0.328. The van der Waals surface area contributed by atoms with Gasteiger partial charge in [-0.2, -0.15) is 10.4 Å². The Labute approximate surface area is 228 Å². The molecule has 1 aromatic heterocycles. The molecule has 0 fully saturated rings. The third kappa shape index (κ3) is 5.32. The molecule has 0 saturated carbocycles. The SMILES string of the molecule is CC1=C(C#N)C(=O)N(CC(C)C)C(=O)/C1=C/c1cn(-c2ccccc2)nc1-c1ccc(S(=O)(=O)N(C)C)cc1. The summed E-state index contributed by atoms with van der Waals surface area (Å²) in [7, 11) is -0.680. The van der Waals surface area contributed by atoms with E-state index in [1.165, 1.54) is 26.2 Å². The Kier molecular flexibility index (Phi) is 7.67. The maximum absolute atomic E-state index is 13.5.